The Morgan fingerprint density at radius 3 is 1.49 bits per heavy atom. The largest absolute Gasteiger partial charge is 0.391 e. The maximum Gasteiger partial charge on any atom is 0.245 e. The summed E-state index contributed by atoms with van der Waals surface area (Å²) in [7, 11) is 0. The van der Waals surface area contributed by atoms with Gasteiger partial charge in [-0.3, -0.25) is 38.8 Å². The molecule has 0 bridgehead atoms. The average molecular weight is 755 g/mol. The minimum absolute atomic E-state index is 0.0977. The summed E-state index contributed by atoms with van der Waals surface area (Å²) in [6, 6.07) is -6.86. The van der Waals surface area contributed by atoms with E-state index in [9.17, 15) is 38.7 Å². The fraction of sp³-hybridized carbons (Fsp3) is 0.727. The molecule has 7 atom stereocenters. The molecule has 0 rings (SSSR count). The maximum absolute atomic E-state index is 13.5. The van der Waals surface area contributed by atoms with Crippen molar-refractivity contribution in [3.8, 4) is 0 Å². The lowest BCUT2D eigenvalue weighted by Gasteiger charge is -2.29. The summed E-state index contributed by atoms with van der Waals surface area (Å²) in [6.07, 6.45) is 0.576. The first-order valence-electron chi connectivity index (χ1n) is 17.7. The van der Waals surface area contributed by atoms with Crippen molar-refractivity contribution in [1.82, 2.24) is 31.9 Å². The van der Waals surface area contributed by atoms with Gasteiger partial charge in [0, 0.05) is 20.0 Å². The van der Waals surface area contributed by atoms with E-state index < -0.39 is 77.8 Å². The number of hydrogen-bond donors (Lipinski definition) is 11. The molecule has 53 heavy (non-hydrogen) atoms. The lowest BCUT2D eigenvalue weighted by Crippen LogP contribution is -2.61. The standard InChI is InChI=1S/C33H62N12O8/c1-17(2)14-24(29(51)40-19(5)27(49)42-22(16-46)10-8-12-38-32(34)35)44-31(53)26(20(6)47)45-30(52)25(15-18(3)4)43-28(50)23(41-21(7)48)11-9-13-39-33(36)37/h16-20,22-26,47H,8-15H2,1-7H3,(H,40,51)(H,41,48)(H,42,49)(H,43,50)(H,44,53)(H,45,52)(H4,34,35,38)(H4,36,37,39)/t19-,20+,22-,23-,24-,25-,26-/m0/s1. The highest BCUT2D eigenvalue weighted by molar-refractivity contribution is 5.96. The third-order valence-corrected chi connectivity index (χ3v) is 7.59. The third-order valence-electron chi connectivity index (χ3n) is 7.59. The lowest BCUT2D eigenvalue weighted by molar-refractivity contribution is -0.137. The Labute approximate surface area is 311 Å². The van der Waals surface area contributed by atoms with Crippen LogP contribution in [0.5, 0.6) is 0 Å². The normalized spacial score (nSPS) is 14.9. The van der Waals surface area contributed by atoms with Gasteiger partial charge in [0.2, 0.25) is 35.4 Å². The number of aliphatic hydroxyl groups is 1. The van der Waals surface area contributed by atoms with E-state index in [4.69, 9.17) is 22.9 Å². The van der Waals surface area contributed by atoms with Crippen LogP contribution >= 0.6 is 0 Å². The van der Waals surface area contributed by atoms with Gasteiger partial charge < -0.3 is 64.7 Å². The second kappa shape index (κ2) is 25.0. The van der Waals surface area contributed by atoms with Crippen LogP contribution in [0.2, 0.25) is 0 Å². The highest BCUT2D eigenvalue weighted by Gasteiger charge is 2.34. The van der Waals surface area contributed by atoms with Crippen LogP contribution in [0, 0.1) is 11.8 Å². The monoisotopic (exact) mass is 754 g/mol. The van der Waals surface area contributed by atoms with E-state index in [-0.39, 0.29) is 62.5 Å². The zero-order valence-electron chi connectivity index (χ0n) is 31.9. The molecular formula is C33H62N12O8. The van der Waals surface area contributed by atoms with E-state index in [0.29, 0.717) is 19.1 Å². The molecule has 0 spiro atoms. The van der Waals surface area contributed by atoms with Gasteiger partial charge in [-0.15, -0.1) is 0 Å². The number of hydrogen-bond acceptors (Lipinski definition) is 10. The Kier molecular flexibility index (Phi) is 22.7. The Morgan fingerprint density at radius 1 is 0.604 bits per heavy atom. The van der Waals surface area contributed by atoms with Crippen molar-refractivity contribution in [2.75, 3.05) is 13.1 Å². The quantitative estimate of drug-likeness (QED) is 0.0189. The van der Waals surface area contributed by atoms with Gasteiger partial charge in [-0.25, -0.2) is 0 Å². The summed E-state index contributed by atoms with van der Waals surface area (Å²) in [5, 5.41) is 25.9. The van der Waals surface area contributed by atoms with Crippen molar-refractivity contribution in [3.63, 3.8) is 0 Å². The predicted octanol–water partition coefficient (Wildman–Crippen LogP) is -3.29. The molecule has 0 aliphatic heterocycles. The molecular weight excluding hydrogens is 692 g/mol. The molecule has 20 heteroatoms. The number of carbonyl (C=O) groups is 7. The van der Waals surface area contributed by atoms with Gasteiger partial charge in [0.15, 0.2) is 11.9 Å². The predicted molar refractivity (Wildman–Crippen MR) is 199 cm³/mol. The van der Waals surface area contributed by atoms with Crippen LogP contribution in [0.25, 0.3) is 0 Å². The minimum atomic E-state index is -1.55. The zero-order chi connectivity index (χ0) is 40.8. The van der Waals surface area contributed by atoms with Gasteiger partial charge in [-0.1, -0.05) is 27.7 Å². The van der Waals surface area contributed by atoms with Crippen molar-refractivity contribution in [2.24, 2.45) is 44.8 Å². The number of aliphatic imine (C=N–C) groups is 2. The Balaban J connectivity index is 5.82. The van der Waals surface area contributed by atoms with E-state index in [2.05, 4.69) is 41.9 Å². The lowest BCUT2D eigenvalue weighted by atomic mass is 10.00. The third kappa shape index (κ3) is 21.2. The smallest absolute Gasteiger partial charge is 0.245 e. The second-order valence-electron chi connectivity index (χ2n) is 13.7. The number of carbonyl (C=O) groups excluding carboxylic acids is 7. The van der Waals surface area contributed by atoms with Crippen LogP contribution < -0.4 is 54.8 Å². The van der Waals surface area contributed by atoms with E-state index in [1.54, 1.807) is 0 Å². The summed E-state index contributed by atoms with van der Waals surface area (Å²) < 4.78 is 0. The molecule has 0 aliphatic rings. The number of guanidine groups is 2. The number of aliphatic hydroxyl groups excluding tert-OH is 1. The van der Waals surface area contributed by atoms with Crippen molar-refractivity contribution < 1.29 is 38.7 Å². The van der Waals surface area contributed by atoms with Gasteiger partial charge >= 0.3 is 0 Å². The SMILES string of the molecule is CC(=O)N[C@@H](CCCN=C(N)N)C(=O)N[C@@H](CC(C)C)C(=O)N[C@H](C(=O)N[C@@H](CC(C)C)C(=O)N[C@@H](C)C(=O)N[C@H](C=O)CCCN=C(N)N)[C@@H](C)O. The number of nitrogens with two attached hydrogens (primary N) is 4. The highest BCUT2D eigenvalue weighted by Crippen LogP contribution is 2.10. The Bertz CT molecular complexity index is 1280. The molecule has 15 N–H and O–H groups in total. The second-order valence-corrected chi connectivity index (χ2v) is 13.7. The molecule has 0 unspecified atom stereocenters. The number of rotatable bonds is 25. The molecule has 0 aromatic carbocycles. The van der Waals surface area contributed by atoms with Crippen molar-refractivity contribution in [1.29, 1.82) is 0 Å². The van der Waals surface area contributed by atoms with Crippen LogP contribution in [0.1, 0.15) is 87.0 Å². The molecule has 0 radical (unpaired) electrons. The molecule has 0 saturated heterocycles. The van der Waals surface area contributed by atoms with Gasteiger partial charge in [-0.05, 0) is 64.2 Å². The summed E-state index contributed by atoms with van der Waals surface area (Å²) in [5.74, 6) is -4.59. The van der Waals surface area contributed by atoms with Crippen LogP contribution in [0.15, 0.2) is 9.98 Å². The molecule has 0 aromatic rings. The van der Waals surface area contributed by atoms with Crippen LogP contribution in [0.4, 0.5) is 0 Å². The fourth-order valence-electron chi connectivity index (χ4n) is 5.00. The highest BCUT2D eigenvalue weighted by atomic mass is 16.3. The van der Waals surface area contributed by atoms with Crippen LogP contribution in [0.3, 0.4) is 0 Å². The van der Waals surface area contributed by atoms with E-state index in [1.165, 1.54) is 20.8 Å². The van der Waals surface area contributed by atoms with E-state index >= 15 is 0 Å². The van der Waals surface area contributed by atoms with Gasteiger partial charge in [0.05, 0.1) is 12.1 Å². The Morgan fingerprint density at radius 2 is 1.06 bits per heavy atom. The van der Waals surface area contributed by atoms with Crippen LogP contribution in [-0.4, -0.2) is 114 Å². The zero-order valence-corrected chi connectivity index (χ0v) is 31.9. The molecule has 0 heterocycles. The molecule has 0 saturated carbocycles. The van der Waals surface area contributed by atoms with E-state index in [1.807, 2.05) is 27.7 Å². The van der Waals surface area contributed by atoms with Crippen molar-refractivity contribution in [2.45, 2.75) is 129 Å². The topological polar surface area (TPSA) is 341 Å². The average Bonchev–Trinajstić information content (AvgIpc) is 3.04. The maximum atomic E-state index is 13.5. The Hall–Kier alpha value is -5.01. The van der Waals surface area contributed by atoms with Crippen LogP contribution in [-0.2, 0) is 33.6 Å². The summed E-state index contributed by atoms with van der Waals surface area (Å²) in [5.41, 5.74) is 21.3. The van der Waals surface area contributed by atoms with Crippen molar-refractivity contribution in [3.05, 3.63) is 0 Å². The molecule has 6 amide bonds. The minimum Gasteiger partial charge on any atom is -0.391 e. The van der Waals surface area contributed by atoms with Crippen molar-refractivity contribution >= 4 is 53.6 Å². The molecule has 0 fully saturated rings. The molecule has 0 aromatic heterocycles. The van der Waals surface area contributed by atoms with Gasteiger partial charge in [0.1, 0.15) is 36.5 Å². The first kappa shape index (κ1) is 48.0. The first-order chi connectivity index (χ1) is 24.7. The molecule has 302 valence electrons. The number of amides is 6. The van der Waals surface area contributed by atoms with Gasteiger partial charge in [-0.2, -0.15) is 0 Å². The number of nitrogens with one attached hydrogen (secondary N) is 6. The first-order valence-corrected chi connectivity index (χ1v) is 17.7. The fourth-order valence-corrected chi connectivity index (χ4v) is 5.00. The summed E-state index contributed by atoms with van der Waals surface area (Å²) in [6.45, 7) is 11.6. The van der Waals surface area contributed by atoms with E-state index in [0.717, 1.165) is 0 Å². The molecule has 20 nitrogen and oxygen atoms in total. The van der Waals surface area contributed by atoms with Gasteiger partial charge in [0.25, 0.3) is 0 Å². The number of aldehydes is 1. The summed E-state index contributed by atoms with van der Waals surface area (Å²) in [4.78, 5) is 97.4. The summed E-state index contributed by atoms with van der Waals surface area (Å²) >= 11 is 0. The molecule has 0 aliphatic carbocycles. The number of nitrogens with zero attached hydrogens (tertiary/aromatic N) is 2.